The molecule has 6 heteroatoms. The van der Waals surface area contributed by atoms with E-state index in [0.29, 0.717) is 31.1 Å². The number of carbonyl (C=O) groups excluding carboxylic acids is 2. The Labute approximate surface area is 121 Å². The zero-order chi connectivity index (χ0) is 14.1. The predicted octanol–water partition coefficient (Wildman–Crippen LogP) is 1.12. The molecule has 0 spiro atoms. The highest BCUT2D eigenvalue weighted by molar-refractivity contribution is 6.30. The number of nitrogens with zero attached hydrogens (tertiary/aromatic N) is 1. The lowest BCUT2D eigenvalue weighted by molar-refractivity contribution is -0.130. The van der Waals surface area contributed by atoms with Gasteiger partial charge in [-0.3, -0.25) is 9.59 Å². The molecular weight excluding hydrogens is 280 g/mol. The third-order valence-electron chi connectivity index (χ3n) is 3.58. The summed E-state index contributed by atoms with van der Waals surface area (Å²) >= 11 is 6.11. The molecule has 1 aromatic rings. The van der Waals surface area contributed by atoms with E-state index in [-0.39, 0.29) is 18.4 Å². The molecule has 2 heterocycles. The molecule has 1 N–H and O–H groups in total. The minimum Gasteiger partial charge on any atom is -0.493 e. The maximum Gasteiger partial charge on any atom is 0.242 e. The van der Waals surface area contributed by atoms with E-state index in [2.05, 4.69) is 5.32 Å². The molecule has 0 aromatic heterocycles. The van der Waals surface area contributed by atoms with Gasteiger partial charge in [-0.1, -0.05) is 11.6 Å². The van der Waals surface area contributed by atoms with Gasteiger partial charge in [0.1, 0.15) is 5.75 Å². The maximum absolute atomic E-state index is 12.0. The Balaban J connectivity index is 1.84. The number of hydrogen-bond acceptors (Lipinski definition) is 3. The second kappa shape index (κ2) is 5.32. The summed E-state index contributed by atoms with van der Waals surface area (Å²) in [5.41, 5.74) is 2.00. The highest BCUT2D eigenvalue weighted by Crippen LogP contribution is 2.33. The lowest BCUT2D eigenvalue weighted by atomic mass is 10.1. The Morgan fingerprint density at radius 1 is 1.30 bits per heavy atom. The number of hydrogen-bond donors (Lipinski definition) is 1. The maximum atomic E-state index is 12.0. The third kappa shape index (κ3) is 2.58. The van der Waals surface area contributed by atoms with E-state index >= 15 is 0 Å². The molecule has 0 radical (unpaired) electrons. The number of halogens is 1. The van der Waals surface area contributed by atoms with Crippen LogP contribution in [-0.4, -0.2) is 36.4 Å². The number of amides is 2. The zero-order valence-electron chi connectivity index (χ0n) is 10.9. The molecule has 2 aliphatic heterocycles. The van der Waals surface area contributed by atoms with Gasteiger partial charge in [0, 0.05) is 36.5 Å². The van der Waals surface area contributed by atoms with Gasteiger partial charge in [0.05, 0.1) is 13.2 Å². The normalized spacial score (nSPS) is 18.4. The largest absolute Gasteiger partial charge is 0.493 e. The van der Waals surface area contributed by atoms with Gasteiger partial charge in [0.15, 0.2) is 0 Å². The number of carbonyl (C=O) groups is 2. The molecule has 1 fully saturated rings. The first kappa shape index (κ1) is 13.2. The molecule has 0 bridgehead atoms. The minimum absolute atomic E-state index is 0.0580. The number of fused-ring (bicyclic) bond motifs is 1. The van der Waals surface area contributed by atoms with Crippen LogP contribution in [0.1, 0.15) is 17.5 Å². The third-order valence-corrected chi connectivity index (χ3v) is 3.80. The van der Waals surface area contributed by atoms with E-state index in [9.17, 15) is 9.59 Å². The first-order chi connectivity index (χ1) is 9.63. The van der Waals surface area contributed by atoms with Gasteiger partial charge in [-0.15, -0.1) is 0 Å². The van der Waals surface area contributed by atoms with Gasteiger partial charge in [0.25, 0.3) is 0 Å². The molecule has 1 aromatic carbocycles. The SMILES string of the molecule is O=C1CCN(Cc2cc(Cl)cc3c2OCC3)C(=O)CN1. The molecule has 106 valence electrons. The minimum atomic E-state index is -0.0894. The van der Waals surface area contributed by atoms with E-state index in [1.165, 1.54) is 0 Å². The van der Waals surface area contributed by atoms with Gasteiger partial charge in [-0.2, -0.15) is 0 Å². The van der Waals surface area contributed by atoms with Crippen LogP contribution in [-0.2, 0) is 22.6 Å². The monoisotopic (exact) mass is 294 g/mol. The summed E-state index contributed by atoms with van der Waals surface area (Å²) in [6.45, 7) is 1.56. The van der Waals surface area contributed by atoms with Crippen LogP contribution in [0, 0.1) is 0 Å². The molecule has 2 aliphatic rings. The van der Waals surface area contributed by atoms with Crippen LogP contribution >= 0.6 is 11.6 Å². The van der Waals surface area contributed by atoms with Crippen LogP contribution in [0.15, 0.2) is 12.1 Å². The van der Waals surface area contributed by atoms with Crippen LogP contribution in [0.25, 0.3) is 0 Å². The highest BCUT2D eigenvalue weighted by Gasteiger charge is 2.24. The molecule has 5 nitrogen and oxygen atoms in total. The van der Waals surface area contributed by atoms with E-state index in [1.54, 1.807) is 4.90 Å². The van der Waals surface area contributed by atoms with Crippen molar-refractivity contribution in [3.05, 3.63) is 28.3 Å². The second-order valence-corrected chi connectivity index (χ2v) is 5.43. The highest BCUT2D eigenvalue weighted by atomic mass is 35.5. The summed E-state index contributed by atoms with van der Waals surface area (Å²) in [5.74, 6) is 0.668. The van der Waals surface area contributed by atoms with E-state index in [1.807, 2.05) is 12.1 Å². The molecule has 1 saturated heterocycles. The van der Waals surface area contributed by atoms with Gasteiger partial charge < -0.3 is 15.0 Å². The zero-order valence-corrected chi connectivity index (χ0v) is 11.7. The van der Waals surface area contributed by atoms with Crippen molar-refractivity contribution in [2.24, 2.45) is 0 Å². The van der Waals surface area contributed by atoms with Crippen molar-refractivity contribution in [2.75, 3.05) is 19.7 Å². The van der Waals surface area contributed by atoms with Gasteiger partial charge in [-0.25, -0.2) is 0 Å². The first-order valence-corrected chi connectivity index (χ1v) is 7.00. The van der Waals surface area contributed by atoms with Gasteiger partial charge in [0.2, 0.25) is 11.8 Å². The van der Waals surface area contributed by atoms with Crippen molar-refractivity contribution in [3.63, 3.8) is 0 Å². The topological polar surface area (TPSA) is 58.6 Å². The molecule has 0 atom stereocenters. The van der Waals surface area contributed by atoms with Crippen molar-refractivity contribution in [3.8, 4) is 5.75 Å². The molecule has 0 unspecified atom stereocenters. The summed E-state index contributed by atoms with van der Waals surface area (Å²) in [6, 6.07) is 3.74. The number of rotatable bonds is 2. The fraction of sp³-hybridized carbons (Fsp3) is 0.429. The molecule has 3 rings (SSSR count). The molecule has 0 aliphatic carbocycles. The summed E-state index contributed by atoms with van der Waals surface area (Å²) in [4.78, 5) is 25.0. The summed E-state index contributed by atoms with van der Waals surface area (Å²) in [6.07, 6.45) is 1.17. The number of nitrogens with one attached hydrogen (secondary N) is 1. The summed E-state index contributed by atoms with van der Waals surface area (Å²) < 4.78 is 5.63. The van der Waals surface area contributed by atoms with Crippen LogP contribution in [0.2, 0.25) is 5.02 Å². The summed E-state index contributed by atoms with van der Waals surface area (Å²) in [7, 11) is 0. The lowest BCUT2D eigenvalue weighted by Crippen LogP contribution is -2.34. The Bertz CT molecular complexity index is 574. The fourth-order valence-corrected chi connectivity index (χ4v) is 2.84. The van der Waals surface area contributed by atoms with E-state index in [4.69, 9.17) is 16.3 Å². The standard InChI is InChI=1S/C14H15ClN2O3/c15-11-5-9-2-4-20-14(9)10(6-11)8-17-3-1-12(18)16-7-13(17)19/h5-6H,1-4,7-8H2,(H,16,18). The smallest absolute Gasteiger partial charge is 0.242 e. The Hall–Kier alpha value is -1.75. The van der Waals surface area contributed by atoms with Gasteiger partial charge >= 0.3 is 0 Å². The van der Waals surface area contributed by atoms with Crippen LogP contribution in [0.4, 0.5) is 0 Å². The van der Waals surface area contributed by atoms with Crippen molar-refractivity contribution in [1.82, 2.24) is 10.2 Å². The van der Waals surface area contributed by atoms with E-state index < -0.39 is 0 Å². The molecular formula is C14H15ClN2O3. The number of benzene rings is 1. The lowest BCUT2D eigenvalue weighted by Gasteiger charge is -2.21. The number of ether oxygens (including phenoxy) is 1. The van der Waals surface area contributed by atoms with Crippen LogP contribution in [0.5, 0.6) is 5.75 Å². The van der Waals surface area contributed by atoms with Crippen molar-refractivity contribution >= 4 is 23.4 Å². The quantitative estimate of drug-likeness (QED) is 0.889. The van der Waals surface area contributed by atoms with Crippen molar-refractivity contribution in [1.29, 1.82) is 0 Å². The Morgan fingerprint density at radius 3 is 3.00 bits per heavy atom. The van der Waals surface area contributed by atoms with Crippen LogP contribution < -0.4 is 10.1 Å². The second-order valence-electron chi connectivity index (χ2n) is 4.99. The Morgan fingerprint density at radius 2 is 2.15 bits per heavy atom. The average molecular weight is 295 g/mol. The molecule has 20 heavy (non-hydrogen) atoms. The van der Waals surface area contributed by atoms with E-state index in [0.717, 1.165) is 23.3 Å². The Kier molecular flexibility index (Phi) is 3.53. The molecule has 0 saturated carbocycles. The fourth-order valence-electron chi connectivity index (χ4n) is 2.57. The average Bonchev–Trinajstić information content (AvgIpc) is 2.82. The van der Waals surface area contributed by atoms with Crippen molar-refractivity contribution < 1.29 is 14.3 Å². The predicted molar refractivity (Wildman–Crippen MR) is 73.7 cm³/mol. The van der Waals surface area contributed by atoms with Crippen molar-refractivity contribution in [2.45, 2.75) is 19.4 Å². The summed E-state index contributed by atoms with van der Waals surface area (Å²) in [5, 5.41) is 3.24. The van der Waals surface area contributed by atoms with Gasteiger partial charge in [-0.05, 0) is 17.7 Å². The first-order valence-electron chi connectivity index (χ1n) is 6.62. The molecule has 2 amide bonds. The van der Waals surface area contributed by atoms with Crippen LogP contribution in [0.3, 0.4) is 0 Å².